The van der Waals surface area contributed by atoms with E-state index in [0.717, 1.165) is 11.1 Å². The second-order valence-electron chi connectivity index (χ2n) is 6.44. The highest BCUT2D eigenvalue weighted by molar-refractivity contribution is 7.21. The third kappa shape index (κ3) is 3.19. The van der Waals surface area contributed by atoms with Gasteiger partial charge < -0.3 is 10.2 Å². The van der Waals surface area contributed by atoms with Gasteiger partial charge in [-0.3, -0.25) is 9.59 Å². The summed E-state index contributed by atoms with van der Waals surface area (Å²) in [6.07, 6.45) is 1.34. The molecule has 2 aromatic carbocycles. The summed E-state index contributed by atoms with van der Waals surface area (Å²) in [6.45, 7) is 2.39. The molecule has 1 aliphatic heterocycles. The number of nitrogens with one attached hydrogen (secondary N) is 1. The van der Waals surface area contributed by atoms with Crippen molar-refractivity contribution in [3.05, 3.63) is 57.7 Å². The van der Waals surface area contributed by atoms with Gasteiger partial charge in [0.05, 0.1) is 15.6 Å². The molecule has 0 atom stereocenters. The molecule has 2 heterocycles. The molecule has 4 rings (SSSR count). The zero-order valence-corrected chi connectivity index (χ0v) is 16.1. The van der Waals surface area contributed by atoms with Crippen molar-refractivity contribution in [1.82, 2.24) is 0 Å². The Morgan fingerprint density at radius 1 is 1.30 bits per heavy atom. The van der Waals surface area contributed by atoms with Crippen molar-refractivity contribution in [2.75, 3.05) is 16.8 Å². The molecule has 7 heteroatoms. The molecule has 1 aromatic heterocycles. The van der Waals surface area contributed by atoms with Crippen LogP contribution in [0.1, 0.15) is 28.1 Å². The SMILES string of the molecule is Cc1c(C(=O)Nc2ccc(N3CCCC3=O)c(Cl)c2)sc2cccc(F)c12. The van der Waals surface area contributed by atoms with Gasteiger partial charge in [-0.2, -0.15) is 0 Å². The maximum absolute atomic E-state index is 14.1. The van der Waals surface area contributed by atoms with Gasteiger partial charge in [0.15, 0.2) is 0 Å². The lowest BCUT2D eigenvalue weighted by atomic mass is 10.1. The summed E-state index contributed by atoms with van der Waals surface area (Å²) in [5, 5.41) is 3.70. The molecule has 1 saturated heterocycles. The zero-order chi connectivity index (χ0) is 19.1. The Bertz CT molecular complexity index is 1080. The number of halogens is 2. The molecule has 0 bridgehead atoms. The first-order valence-corrected chi connectivity index (χ1v) is 9.74. The van der Waals surface area contributed by atoms with E-state index in [2.05, 4.69) is 5.32 Å². The van der Waals surface area contributed by atoms with Crippen LogP contribution in [-0.2, 0) is 4.79 Å². The van der Waals surface area contributed by atoms with E-state index in [0.29, 0.717) is 45.2 Å². The normalized spacial score (nSPS) is 14.2. The second kappa shape index (κ2) is 6.94. The lowest BCUT2D eigenvalue weighted by molar-refractivity contribution is -0.117. The molecule has 0 spiro atoms. The average Bonchev–Trinajstić information content (AvgIpc) is 3.19. The van der Waals surface area contributed by atoms with E-state index in [9.17, 15) is 14.0 Å². The zero-order valence-electron chi connectivity index (χ0n) is 14.5. The van der Waals surface area contributed by atoms with Gasteiger partial charge in [-0.05, 0) is 49.2 Å². The lowest BCUT2D eigenvalue weighted by Crippen LogP contribution is -2.24. The maximum Gasteiger partial charge on any atom is 0.266 e. The van der Waals surface area contributed by atoms with Crippen LogP contribution in [0.25, 0.3) is 10.1 Å². The molecule has 2 amide bonds. The Balaban J connectivity index is 1.60. The second-order valence-corrected chi connectivity index (χ2v) is 7.90. The van der Waals surface area contributed by atoms with Gasteiger partial charge in [-0.25, -0.2) is 4.39 Å². The van der Waals surface area contributed by atoms with Crippen LogP contribution in [0.2, 0.25) is 5.02 Å². The van der Waals surface area contributed by atoms with Crippen molar-refractivity contribution in [2.24, 2.45) is 0 Å². The number of benzene rings is 2. The van der Waals surface area contributed by atoms with Crippen LogP contribution in [0.3, 0.4) is 0 Å². The number of nitrogens with zero attached hydrogens (tertiary/aromatic N) is 1. The summed E-state index contributed by atoms with van der Waals surface area (Å²) in [7, 11) is 0. The first-order chi connectivity index (χ1) is 13.0. The summed E-state index contributed by atoms with van der Waals surface area (Å²) >= 11 is 7.58. The van der Waals surface area contributed by atoms with Crippen LogP contribution >= 0.6 is 22.9 Å². The number of rotatable bonds is 3. The number of hydrogen-bond donors (Lipinski definition) is 1. The molecule has 1 fully saturated rings. The number of hydrogen-bond acceptors (Lipinski definition) is 3. The number of aryl methyl sites for hydroxylation is 1. The first-order valence-electron chi connectivity index (χ1n) is 8.54. The lowest BCUT2D eigenvalue weighted by Gasteiger charge is -2.18. The fourth-order valence-corrected chi connectivity index (χ4v) is 4.76. The molecule has 138 valence electrons. The largest absolute Gasteiger partial charge is 0.321 e. The highest BCUT2D eigenvalue weighted by Gasteiger charge is 2.24. The number of carbonyl (C=O) groups excluding carboxylic acids is 2. The number of amides is 2. The van der Waals surface area contributed by atoms with E-state index in [1.807, 2.05) is 0 Å². The van der Waals surface area contributed by atoms with E-state index in [1.165, 1.54) is 17.4 Å². The summed E-state index contributed by atoms with van der Waals surface area (Å²) in [5.41, 5.74) is 1.80. The third-order valence-corrected chi connectivity index (χ3v) is 6.24. The Hall–Kier alpha value is -2.44. The van der Waals surface area contributed by atoms with Crippen molar-refractivity contribution < 1.29 is 14.0 Å². The van der Waals surface area contributed by atoms with Gasteiger partial charge in [0.1, 0.15) is 5.82 Å². The van der Waals surface area contributed by atoms with Gasteiger partial charge in [0, 0.05) is 28.7 Å². The minimum absolute atomic E-state index is 0.0524. The fourth-order valence-electron chi connectivity index (χ4n) is 3.36. The topological polar surface area (TPSA) is 49.4 Å². The molecule has 27 heavy (non-hydrogen) atoms. The van der Waals surface area contributed by atoms with Crippen LogP contribution in [0.5, 0.6) is 0 Å². The Morgan fingerprint density at radius 2 is 2.11 bits per heavy atom. The van der Waals surface area contributed by atoms with E-state index < -0.39 is 0 Å². The van der Waals surface area contributed by atoms with Crippen molar-refractivity contribution in [2.45, 2.75) is 19.8 Å². The van der Waals surface area contributed by atoms with Gasteiger partial charge in [0.25, 0.3) is 5.91 Å². The van der Waals surface area contributed by atoms with Gasteiger partial charge in [-0.15, -0.1) is 11.3 Å². The van der Waals surface area contributed by atoms with Gasteiger partial charge in [0.2, 0.25) is 5.91 Å². The fraction of sp³-hybridized carbons (Fsp3) is 0.200. The van der Waals surface area contributed by atoms with Crippen LogP contribution in [-0.4, -0.2) is 18.4 Å². The number of thiophene rings is 1. The van der Waals surface area contributed by atoms with Gasteiger partial charge in [-0.1, -0.05) is 17.7 Å². The molecular formula is C20H16ClFN2O2S. The molecule has 3 aromatic rings. The van der Waals surface area contributed by atoms with Crippen LogP contribution in [0.15, 0.2) is 36.4 Å². The van der Waals surface area contributed by atoms with E-state index in [1.54, 1.807) is 42.2 Å². The molecule has 0 radical (unpaired) electrons. The van der Waals surface area contributed by atoms with Crippen molar-refractivity contribution in [3.63, 3.8) is 0 Å². The summed E-state index contributed by atoms with van der Waals surface area (Å²) < 4.78 is 14.8. The molecule has 1 N–H and O–H groups in total. The first kappa shape index (κ1) is 17.9. The maximum atomic E-state index is 14.1. The van der Waals surface area contributed by atoms with E-state index >= 15 is 0 Å². The minimum Gasteiger partial charge on any atom is -0.321 e. The molecule has 4 nitrogen and oxygen atoms in total. The molecule has 0 saturated carbocycles. The summed E-state index contributed by atoms with van der Waals surface area (Å²) in [5.74, 6) is -0.589. The molecule has 0 aliphatic carbocycles. The predicted octanol–water partition coefficient (Wildman–Crippen LogP) is 5.38. The Morgan fingerprint density at radius 3 is 2.78 bits per heavy atom. The van der Waals surface area contributed by atoms with Gasteiger partial charge >= 0.3 is 0 Å². The summed E-state index contributed by atoms with van der Waals surface area (Å²) in [6, 6.07) is 9.90. The van der Waals surface area contributed by atoms with Crippen molar-refractivity contribution in [3.8, 4) is 0 Å². The number of fused-ring (bicyclic) bond motifs is 1. The van der Waals surface area contributed by atoms with Crippen LogP contribution in [0, 0.1) is 12.7 Å². The van der Waals surface area contributed by atoms with E-state index in [4.69, 9.17) is 11.6 Å². The minimum atomic E-state index is -0.331. The molecule has 1 aliphatic rings. The highest BCUT2D eigenvalue weighted by Crippen LogP contribution is 2.34. The molecular weight excluding hydrogens is 387 g/mol. The number of carbonyl (C=O) groups is 2. The number of anilines is 2. The molecule has 0 unspecified atom stereocenters. The predicted molar refractivity (Wildman–Crippen MR) is 108 cm³/mol. The third-order valence-electron chi connectivity index (χ3n) is 4.68. The standard InChI is InChI=1S/C20H16ClFN2O2S/c1-11-18-14(22)4-2-5-16(18)27-19(11)20(26)23-12-7-8-15(13(21)10-12)24-9-3-6-17(24)25/h2,4-5,7-8,10H,3,6,9H2,1H3,(H,23,26). The Labute approximate surface area is 164 Å². The Kier molecular flexibility index (Phi) is 4.61. The van der Waals surface area contributed by atoms with Crippen molar-refractivity contribution in [1.29, 1.82) is 0 Å². The van der Waals surface area contributed by atoms with E-state index in [-0.39, 0.29) is 17.6 Å². The van der Waals surface area contributed by atoms with Crippen LogP contribution < -0.4 is 10.2 Å². The quantitative estimate of drug-likeness (QED) is 0.639. The smallest absolute Gasteiger partial charge is 0.266 e. The highest BCUT2D eigenvalue weighted by atomic mass is 35.5. The van der Waals surface area contributed by atoms with Crippen molar-refractivity contribution >= 4 is 56.2 Å². The van der Waals surface area contributed by atoms with Crippen LogP contribution in [0.4, 0.5) is 15.8 Å². The monoisotopic (exact) mass is 402 g/mol. The summed E-state index contributed by atoms with van der Waals surface area (Å²) in [4.78, 5) is 26.7. The average molecular weight is 403 g/mol.